The summed E-state index contributed by atoms with van der Waals surface area (Å²) in [6, 6.07) is 14.6. The van der Waals surface area contributed by atoms with Crippen molar-refractivity contribution in [3.63, 3.8) is 0 Å². The first-order valence-electron chi connectivity index (χ1n) is 10.5. The molecule has 0 atom stereocenters. The highest BCUT2D eigenvalue weighted by molar-refractivity contribution is 6.36. The lowest BCUT2D eigenvalue weighted by Crippen LogP contribution is -2.32. The molecule has 1 amide bonds. The molecule has 33 heavy (non-hydrogen) atoms. The fourth-order valence-corrected chi connectivity index (χ4v) is 3.55. The van der Waals surface area contributed by atoms with E-state index >= 15 is 0 Å². The maximum atomic E-state index is 13.5. The van der Waals surface area contributed by atoms with Crippen LogP contribution in [0.25, 0.3) is 16.9 Å². The molecule has 4 aromatic rings. The number of hydrogen-bond acceptors (Lipinski definition) is 6. The van der Waals surface area contributed by atoms with Crippen LogP contribution in [0.5, 0.6) is 11.5 Å². The van der Waals surface area contributed by atoms with Gasteiger partial charge in [-0.3, -0.25) is 4.79 Å². The van der Waals surface area contributed by atoms with Crippen LogP contribution >= 0.6 is 0 Å². The van der Waals surface area contributed by atoms with E-state index in [0.29, 0.717) is 35.7 Å². The number of benzene rings is 2. The summed E-state index contributed by atoms with van der Waals surface area (Å²) in [5.41, 5.74) is 2.97. The fraction of sp³-hybridized carbons (Fsp3) is 0.174. The summed E-state index contributed by atoms with van der Waals surface area (Å²) in [6.45, 7) is -0.289. The number of nitrogens with one attached hydrogen (secondary N) is 1. The number of phenolic OH excluding ortho intramolecular Hbond substituents is 2. The van der Waals surface area contributed by atoms with E-state index in [2.05, 4.69) is 15.4 Å². The number of alkyl halides is 1. The molecule has 8 nitrogen and oxygen atoms in total. The van der Waals surface area contributed by atoms with Crippen molar-refractivity contribution >= 4 is 30.7 Å². The minimum Gasteiger partial charge on any atom is -0.508 e. The van der Waals surface area contributed by atoms with Gasteiger partial charge >= 0.3 is 0 Å². The minimum absolute atomic E-state index is 0.0437. The third kappa shape index (κ3) is 4.74. The molecule has 0 bridgehead atoms. The summed E-state index contributed by atoms with van der Waals surface area (Å²) in [7, 11) is 1.90. The molecule has 0 fully saturated rings. The second kappa shape index (κ2) is 9.60. The largest absolute Gasteiger partial charge is 0.508 e. The van der Waals surface area contributed by atoms with Crippen LogP contribution in [0.1, 0.15) is 16.8 Å². The molecule has 2 heterocycles. The first-order chi connectivity index (χ1) is 16.0. The van der Waals surface area contributed by atoms with Gasteiger partial charge in [-0.2, -0.15) is 9.61 Å². The summed E-state index contributed by atoms with van der Waals surface area (Å²) < 4.78 is 15.2. The molecule has 0 spiro atoms. The van der Waals surface area contributed by atoms with Crippen molar-refractivity contribution in [3.8, 4) is 22.8 Å². The lowest BCUT2D eigenvalue weighted by atomic mass is 10.0. The average molecular weight is 447 g/mol. The van der Waals surface area contributed by atoms with Crippen molar-refractivity contribution in [3.05, 3.63) is 66.4 Å². The van der Waals surface area contributed by atoms with Gasteiger partial charge in [0.2, 0.25) is 0 Å². The van der Waals surface area contributed by atoms with Crippen LogP contribution in [-0.4, -0.2) is 63.4 Å². The Morgan fingerprint density at radius 1 is 1.15 bits per heavy atom. The fourth-order valence-electron chi connectivity index (χ4n) is 3.55. The molecule has 0 saturated carbocycles. The van der Waals surface area contributed by atoms with Crippen LogP contribution in [0, 0.1) is 0 Å². The number of para-hydroxylation sites is 1. The number of rotatable bonds is 8. The molecule has 4 rings (SSSR count). The molecule has 0 aliphatic rings. The molecular formula is C23H23BFN5O3. The standard InChI is InChI=1S/C23H23BFN5O3/c24-18-13-27-30-21(12-19(28-22(18)30)17-7-1-2-8-20(17)32)26-9-4-10-29(14-25)23(33)15-5-3-6-16(31)11-15/h1-3,5-8,11-13,26,31-32H,4,9-10,14,24H2. The van der Waals surface area contributed by atoms with E-state index < -0.39 is 12.7 Å². The molecule has 0 aliphatic carbocycles. The van der Waals surface area contributed by atoms with Gasteiger partial charge in [0.25, 0.3) is 5.91 Å². The first kappa shape index (κ1) is 22.1. The Bertz CT molecular complexity index is 1300. The number of phenols is 2. The second-order valence-electron chi connectivity index (χ2n) is 7.63. The zero-order valence-corrected chi connectivity index (χ0v) is 18.1. The van der Waals surface area contributed by atoms with Gasteiger partial charge in [-0.15, -0.1) is 0 Å². The molecular weight excluding hydrogens is 424 g/mol. The number of carbonyl (C=O) groups is 1. The number of carbonyl (C=O) groups excluding carboxylic acids is 1. The van der Waals surface area contributed by atoms with Gasteiger partial charge in [0.05, 0.1) is 5.69 Å². The van der Waals surface area contributed by atoms with Gasteiger partial charge in [-0.1, -0.05) is 18.2 Å². The highest BCUT2D eigenvalue weighted by atomic mass is 19.1. The zero-order valence-electron chi connectivity index (χ0n) is 18.1. The van der Waals surface area contributed by atoms with E-state index in [4.69, 9.17) is 0 Å². The van der Waals surface area contributed by atoms with Gasteiger partial charge in [-0.25, -0.2) is 9.37 Å². The number of fused-ring (bicyclic) bond motifs is 1. The Hall–Kier alpha value is -4.08. The van der Waals surface area contributed by atoms with Gasteiger partial charge in [0.1, 0.15) is 25.2 Å². The average Bonchev–Trinajstić information content (AvgIpc) is 3.20. The number of aromatic nitrogens is 3. The molecule has 2 aromatic carbocycles. The van der Waals surface area contributed by atoms with E-state index in [1.54, 1.807) is 41.0 Å². The Labute approximate surface area is 190 Å². The van der Waals surface area contributed by atoms with E-state index in [1.165, 1.54) is 18.2 Å². The van der Waals surface area contributed by atoms with Crippen molar-refractivity contribution in [1.82, 2.24) is 19.5 Å². The maximum Gasteiger partial charge on any atom is 0.256 e. The van der Waals surface area contributed by atoms with Crippen LogP contribution in [-0.2, 0) is 0 Å². The zero-order chi connectivity index (χ0) is 23.4. The predicted octanol–water partition coefficient (Wildman–Crippen LogP) is 1.94. The lowest BCUT2D eigenvalue weighted by molar-refractivity contribution is 0.0679. The number of amides is 1. The van der Waals surface area contributed by atoms with Gasteiger partial charge < -0.3 is 20.4 Å². The number of halogens is 1. The van der Waals surface area contributed by atoms with Crippen molar-refractivity contribution < 1.29 is 19.4 Å². The molecule has 168 valence electrons. The minimum atomic E-state index is -0.927. The molecule has 3 N–H and O–H groups in total. The summed E-state index contributed by atoms with van der Waals surface area (Å²) in [4.78, 5) is 18.2. The number of anilines is 1. The summed E-state index contributed by atoms with van der Waals surface area (Å²) in [5, 5.41) is 27.4. The van der Waals surface area contributed by atoms with Crippen molar-refractivity contribution in [1.29, 1.82) is 0 Å². The van der Waals surface area contributed by atoms with E-state index in [9.17, 15) is 19.4 Å². The Morgan fingerprint density at radius 3 is 2.73 bits per heavy atom. The number of nitrogens with zero attached hydrogens (tertiary/aromatic N) is 4. The van der Waals surface area contributed by atoms with Crippen LogP contribution < -0.4 is 10.8 Å². The third-order valence-corrected chi connectivity index (χ3v) is 5.26. The van der Waals surface area contributed by atoms with Gasteiger partial charge in [0, 0.05) is 36.5 Å². The molecule has 0 saturated heterocycles. The van der Waals surface area contributed by atoms with Crippen molar-refractivity contribution in [2.24, 2.45) is 0 Å². The van der Waals surface area contributed by atoms with E-state index in [1.807, 2.05) is 13.9 Å². The highest BCUT2D eigenvalue weighted by Gasteiger charge is 2.16. The summed E-state index contributed by atoms with van der Waals surface area (Å²) in [6.07, 6.45) is 2.19. The summed E-state index contributed by atoms with van der Waals surface area (Å²) in [5.74, 6) is 0.265. The van der Waals surface area contributed by atoms with E-state index in [0.717, 1.165) is 10.4 Å². The van der Waals surface area contributed by atoms with Crippen LogP contribution in [0.4, 0.5) is 10.2 Å². The Balaban J connectivity index is 1.48. The van der Waals surface area contributed by atoms with Gasteiger partial charge in [-0.05, 0) is 42.2 Å². The second-order valence-corrected chi connectivity index (χ2v) is 7.63. The number of hydrogen-bond donors (Lipinski definition) is 3. The highest BCUT2D eigenvalue weighted by Crippen LogP contribution is 2.29. The predicted molar refractivity (Wildman–Crippen MR) is 126 cm³/mol. The SMILES string of the molecule is Bc1cnn2c(NCCCN(CF)C(=O)c3cccc(O)c3)cc(-c3ccccc3O)nc12. The smallest absolute Gasteiger partial charge is 0.256 e. The molecule has 10 heteroatoms. The molecule has 2 aromatic heterocycles. The molecule has 0 unspecified atom stereocenters. The normalized spacial score (nSPS) is 10.9. The van der Waals surface area contributed by atoms with Gasteiger partial charge in [0.15, 0.2) is 12.4 Å². The number of aromatic hydroxyl groups is 2. The van der Waals surface area contributed by atoms with Crippen molar-refractivity contribution in [2.45, 2.75) is 6.42 Å². The van der Waals surface area contributed by atoms with Crippen LogP contribution in [0.2, 0.25) is 0 Å². The monoisotopic (exact) mass is 447 g/mol. The first-order valence-corrected chi connectivity index (χ1v) is 10.5. The summed E-state index contributed by atoms with van der Waals surface area (Å²) >= 11 is 0. The quantitative estimate of drug-likeness (QED) is 0.217. The third-order valence-electron chi connectivity index (χ3n) is 5.26. The molecule has 0 aliphatic heterocycles. The van der Waals surface area contributed by atoms with Crippen LogP contribution in [0.3, 0.4) is 0 Å². The maximum absolute atomic E-state index is 13.5. The Kier molecular flexibility index (Phi) is 6.44. The van der Waals surface area contributed by atoms with Crippen molar-refractivity contribution in [2.75, 3.05) is 25.2 Å². The molecule has 0 radical (unpaired) electrons. The Morgan fingerprint density at radius 2 is 1.97 bits per heavy atom. The van der Waals surface area contributed by atoms with Crippen LogP contribution in [0.15, 0.2) is 60.8 Å². The topological polar surface area (TPSA) is 103 Å². The van der Waals surface area contributed by atoms with E-state index in [-0.39, 0.29) is 23.6 Å². The lowest BCUT2D eigenvalue weighted by Gasteiger charge is -2.19.